The van der Waals surface area contributed by atoms with Crippen LogP contribution >= 0.6 is 0 Å². The summed E-state index contributed by atoms with van der Waals surface area (Å²) >= 11 is 0. The third kappa shape index (κ3) is 3.67. The number of hydrogen-bond donors (Lipinski definition) is 2. The molecule has 4 atom stereocenters. The van der Waals surface area contributed by atoms with E-state index < -0.39 is 0 Å². The number of rotatable bonds is 6. The Labute approximate surface area is 169 Å². The zero-order chi connectivity index (χ0) is 19.8. The second kappa shape index (κ2) is 7.64. The number of nitrogens with zero attached hydrogens (tertiary/aromatic N) is 4. The lowest BCUT2D eigenvalue weighted by molar-refractivity contribution is -0.133. The van der Waals surface area contributed by atoms with Crippen molar-refractivity contribution in [3.8, 4) is 11.5 Å². The van der Waals surface area contributed by atoms with Gasteiger partial charge in [-0.05, 0) is 43.0 Å². The number of hydrogen-bond acceptors (Lipinski definition) is 7. The van der Waals surface area contributed by atoms with Crippen LogP contribution in [0.25, 0.3) is 0 Å². The average molecular weight is 398 g/mol. The Balaban J connectivity index is 1.17. The normalized spacial score (nSPS) is 27.2. The number of carbonyl (C=O) groups is 1. The second-order valence-corrected chi connectivity index (χ2v) is 8.08. The van der Waals surface area contributed by atoms with E-state index in [-0.39, 0.29) is 18.6 Å². The zero-order valence-corrected chi connectivity index (χ0v) is 16.3. The van der Waals surface area contributed by atoms with Crippen molar-refractivity contribution in [1.82, 2.24) is 25.2 Å². The molecule has 1 aromatic heterocycles. The fourth-order valence-corrected chi connectivity index (χ4v) is 4.73. The number of piperidine rings is 3. The summed E-state index contributed by atoms with van der Waals surface area (Å²) in [5, 5.41) is 11.4. The fraction of sp³-hybridized carbons (Fsp3) is 0.550. The molecule has 5 heterocycles. The highest BCUT2D eigenvalue weighted by molar-refractivity contribution is 5.79. The molecule has 4 aliphatic rings. The van der Waals surface area contributed by atoms with Crippen molar-refractivity contribution in [3.05, 3.63) is 35.7 Å². The van der Waals surface area contributed by atoms with Crippen LogP contribution in [0.15, 0.2) is 24.4 Å². The molecule has 1 aromatic carbocycles. The maximum Gasteiger partial charge on any atom is 0.231 e. The summed E-state index contributed by atoms with van der Waals surface area (Å²) in [6.45, 7) is 3.81. The van der Waals surface area contributed by atoms with Gasteiger partial charge >= 0.3 is 0 Å². The molecule has 0 saturated carbocycles. The number of ether oxygens (including phenoxy) is 2. The minimum absolute atomic E-state index is 0.0457. The molecule has 2 bridgehead atoms. The molecule has 0 radical (unpaired) electrons. The Morgan fingerprint density at radius 1 is 1.31 bits per heavy atom. The number of nitrogens with one attached hydrogen (secondary N) is 1. The van der Waals surface area contributed by atoms with Gasteiger partial charge in [-0.2, -0.15) is 0 Å². The molecule has 3 saturated heterocycles. The maximum absolute atomic E-state index is 12.9. The van der Waals surface area contributed by atoms with Gasteiger partial charge in [0.05, 0.1) is 18.2 Å². The fourth-order valence-electron chi connectivity index (χ4n) is 4.73. The van der Waals surface area contributed by atoms with Crippen LogP contribution in [0, 0.1) is 11.8 Å². The Kier molecular flexibility index (Phi) is 4.84. The molecule has 3 N–H and O–H groups in total. The van der Waals surface area contributed by atoms with Crippen molar-refractivity contribution in [2.75, 3.05) is 19.9 Å². The van der Waals surface area contributed by atoms with Crippen molar-refractivity contribution in [1.29, 1.82) is 0 Å². The smallest absolute Gasteiger partial charge is 0.231 e. The van der Waals surface area contributed by atoms with Gasteiger partial charge in [-0.25, -0.2) is 0 Å². The molecule has 2 aromatic rings. The van der Waals surface area contributed by atoms with E-state index in [1.807, 2.05) is 29.1 Å². The monoisotopic (exact) mass is 398 g/mol. The molecule has 154 valence electrons. The zero-order valence-electron chi connectivity index (χ0n) is 16.3. The van der Waals surface area contributed by atoms with Gasteiger partial charge < -0.3 is 20.5 Å². The molecule has 9 heteroatoms. The number of amides is 1. The summed E-state index contributed by atoms with van der Waals surface area (Å²) in [5.41, 5.74) is 7.45. The molecule has 9 nitrogen and oxygen atoms in total. The summed E-state index contributed by atoms with van der Waals surface area (Å²) in [5.74, 6) is 2.11. The minimum atomic E-state index is 0.0457. The third-order valence-electron chi connectivity index (χ3n) is 6.31. The number of fused-ring (bicyclic) bond motifs is 4. The molecular weight excluding hydrogens is 372 g/mol. The Morgan fingerprint density at radius 2 is 2.21 bits per heavy atom. The van der Waals surface area contributed by atoms with E-state index in [1.165, 1.54) is 0 Å². The average Bonchev–Trinajstić information content (AvgIpc) is 3.41. The number of aromatic nitrogens is 3. The number of benzene rings is 1. The highest BCUT2D eigenvalue weighted by Gasteiger charge is 2.43. The first kappa shape index (κ1) is 18.4. The van der Waals surface area contributed by atoms with E-state index in [9.17, 15) is 4.79 Å². The first-order valence-electron chi connectivity index (χ1n) is 10.2. The van der Waals surface area contributed by atoms with Crippen molar-refractivity contribution in [2.45, 2.75) is 38.5 Å². The standard InChI is InChI=1S/C20H26N6O3/c21-7-15-9-26(24-23-15)10-16-6-14-3-4-25(16)11-17(14)20(27)22-8-13-1-2-18-19(5-13)29-12-28-18/h1-2,5,9,14,16-17H,3-4,6-8,10-12,21H2,(H,22,27). The van der Waals surface area contributed by atoms with E-state index in [0.717, 1.165) is 55.2 Å². The van der Waals surface area contributed by atoms with Crippen LogP contribution in [0.2, 0.25) is 0 Å². The summed E-state index contributed by atoms with van der Waals surface area (Å²) in [7, 11) is 0. The van der Waals surface area contributed by atoms with Crippen LogP contribution in [0.5, 0.6) is 11.5 Å². The van der Waals surface area contributed by atoms with Crippen LogP contribution in [-0.2, 0) is 24.4 Å². The van der Waals surface area contributed by atoms with E-state index in [4.69, 9.17) is 15.2 Å². The number of carbonyl (C=O) groups excluding carboxylic acids is 1. The van der Waals surface area contributed by atoms with Gasteiger partial charge in [0, 0.05) is 31.9 Å². The first-order chi connectivity index (χ1) is 14.2. The molecule has 0 spiro atoms. The van der Waals surface area contributed by atoms with Crippen LogP contribution in [0.4, 0.5) is 0 Å². The topological polar surface area (TPSA) is 108 Å². The maximum atomic E-state index is 12.9. The Morgan fingerprint density at radius 3 is 3.00 bits per heavy atom. The van der Waals surface area contributed by atoms with E-state index in [2.05, 4.69) is 20.5 Å². The van der Waals surface area contributed by atoms with Crippen LogP contribution in [0.1, 0.15) is 24.1 Å². The molecule has 4 aliphatic heterocycles. The number of nitrogens with two attached hydrogens (primary N) is 1. The van der Waals surface area contributed by atoms with Crippen molar-refractivity contribution >= 4 is 5.91 Å². The van der Waals surface area contributed by atoms with Crippen molar-refractivity contribution < 1.29 is 14.3 Å². The quantitative estimate of drug-likeness (QED) is 0.729. The molecule has 4 unspecified atom stereocenters. The summed E-state index contributed by atoms with van der Waals surface area (Å²) in [6.07, 6.45) is 4.00. The Bertz CT molecular complexity index is 900. The van der Waals surface area contributed by atoms with Gasteiger partial charge in [-0.3, -0.25) is 14.4 Å². The highest BCUT2D eigenvalue weighted by atomic mass is 16.7. The highest BCUT2D eigenvalue weighted by Crippen LogP contribution is 2.37. The Hall–Kier alpha value is -2.65. The lowest BCUT2D eigenvalue weighted by Gasteiger charge is -2.49. The summed E-state index contributed by atoms with van der Waals surface area (Å²) < 4.78 is 12.6. The predicted octanol–water partition coefficient (Wildman–Crippen LogP) is 0.492. The lowest BCUT2D eigenvalue weighted by atomic mass is 9.75. The van der Waals surface area contributed by atoms with Gasteiger partial charge in [-0.1, -0.05) is 11.3 Å². The first-order valence-corrected chi connectivity index (χ1v) is 10.2. The third-order valence-corrected chi connectivity index (χ3v) is 6.31. The lowest BCUT2D eigenvalue weighted by Crippen LogP contribution is -2.58. The van der Waals surface area contributed by atoms with Crippen LogP contribution < -0.4 is 20.5 Å². The molecule has 6 rings (SSSR count). The van der Waals surface area contributed by atoms with Gasteiger partial charge in [0.1, 0.15) is 0 Å². The van der Waals surface area contributed by atoms with E-state index in [1.54, 1.807) is 0 Å². The van der Waals surface area contributed by atoms with Gasteiger partial charge in [0.2, 0.25) is 12.7 Å². The molecular formula is C20H26N6O3. The largest absolute Gasteiger partial charge is 0.454 e. The molecule has 1 amide bonds. The predicted molar refractivity (Wildman–Crippen MR) is 104 cm³/mol. The van der Waals surface area contributed by atoms with E-state index in [0.29, 0.717) is 25.0 Å². The molecule has 0 aliphatic carbocycles. The van der Waals surface area contributed by atoms with Crippen LogP contribution in [-0.4, -0.2) is 51.7 Å². The molecule has 3 fully saturated rings. The SMILES string of the molecule is NCc1cn(CC2CC3CCN2CC3C(=O)NCc2ccc3c(c2)OCO3)nn1. The van der Waals surface area contributed by atoms with Crippen molar-refractivity contribution in [2.24, 2.45) is 17.6 Å². The summed E-state index contributed by atoms with van der Waals surface area (Å²) in [4.78, 5) is 15.3. The minimum Gasteiger partial charge on any atom is -0.454 e. The van der Waals surface area contributed by atoms with E-state index >= 15 is 0 Å². The molecule has 29 heavy (non-hydrogen) atoms. The second-order valence-electron chi connectivity index (χ2n) is 8.08. The van der Waals surface area contributed by atoms with Gasteiger partial charge in [0.25, 0.3) is 0 Å². The van der Waals surface area contributed by atoms with Gasteiger partial charge in [0.15, 0.2) is 11.5 Å². The summed E-state index contributed by atoms with van der Waals surface area (Å²) in [6, 6.07) is 6.19. The van der Waals surface area contributed by atoms with Crippen molar-refractivity contribution in [3.63, 3.8) is 0 Å². The van der Waals surface area contributed by atoms with Crippen LogP contribution in [0.3, 0.4) is 0 Å². The van der Waals surface area contributed by atoms with Gasteiger partial charge in [-0.15, -0.1) is 5.10 Å².